The summed E-state index contributed by atoms with van der Waals surface area (Å²) in [6, 6.07) is 4.08. The molecule has 1 atom stereocenters. The van der Waals surface area contributed by atoms with E-state index in [9.17, 15) is 0 Å². The van der Waals surface area contributed by atoms with Gasteiger partial charge in [-0.3, -0.25) is 0 Å². The Labute approximate surface area is 94.9 Å². The van der Waals surface area contributed by atoms with Crippen molar-refractivity contribution in [3.8, 4) is 6.07 Å². The molecule has 0 aromatic carbocycles. The van der Waals surface area contributed by atoms with E-state index in [4.69, 9.17) is 11.0 Å². The Balaban J connectivity index is 2.25. The highest BCUT2D eigenvalue weighted by molar-refractivity contribution is 5.52. The number of rotatable bonds is 4. The van der Waals surface area contributed by atoms with Gasteiger partial charge >= 0.3 is 0 Å². The minimum absolute atomic E-state index is 0.267. The zero-order chi connectivity index (χ0) is 11.5. The molecular formula is C11H15N5. The smallest absolute Gasteiger partial charge is 0.169 e. The predicted molar refractivity (Wildman–Crippen MR) is 60.7 cm³/mol. The zero-order valence-electron chi connectivity index (χ0n) is 9.30. The van der Waals surface area contributed by atoms with Crippen molar-refractivity contribution in [1.82, 2.24) is 10.2 Å². The van der Waals surface area contributed by atoms with Crippen LogP contribution in [-0.4, -0.2) is 29.8 Å². The molecule has 0 aliphatic heterocycles. The first-order valence-electron chi connectivity index (χ1n) is 5.42. The molecule has 2 N–H and O–H groups in total. The molecule has 0 amide bonds. The number of hydrogen-bond donors (Lipinski definition) is 1. The summed E-state index contributed by atoms with van der Waals surface area (Å²) in [5.74, 6) is 1.27. The summed E-state index contributed by atoms with van der Waals surface area (Å²) in [4.78, 5) is 1.99. The van der Waals surface area contributed by atoms with Crippen molar-refractivity contribution in [2.75, 3.05) is 18.5 Å². The molecular weight excluding hydrogens is 202 g/mol. The number of anilines is 1. The van der Waals surface area contributed by atoms with Crippen molar-refractivity contribution in [1.29, 1.82) is 5.26 Å². The Kier molecular flexibility index (Phi) is 3.02. The molecule has 0 spiro atoms. The minimum atomic E-state index is 0.267. The van der Waals surface area contributed by atoms with E-state index in [2.05, 4.69) is 16.3 Å². The molecule has 0 bridgehead atoms. The molecule has 1 unspecified atom stereocenters. The summed E-state index contributed by atoms with van der Waals surface area (Å²) in [7, 11) is 1.93. The van der Waals surface area contributed by atoms with Gasteiger partial charge in [-0.1, -0.05) is 0 Å². The van der Waals surface area contributed by atoms with Crippen molar-refractivity contribution < 1.29 is 0 Å². The SMILES string of the molecule is CN(c1nnccc1C#N)C(CN)C1CC1. The first kappa shape index (κ1) is 10.8. The molecule has 1 heterocycles. The second-order valence-corrected chi connectivity index (χ2v) is 4.13. The second-order valence-electron chi connectivity index (χ2n) is 4.13. The lowest BCUT2D eigenvalue weighted by Crippen LogP contribution is -2.40. The molecule has 1 aliphatic rings. The van der Waals surface area contributed by atoms with Crippen LogP contribution in [0.15, 0.2) is 12.3 Å². The van der Waals surface area contributed by atoms with Crippen LogP contribution in [0.4, 0.5) is 5.82 Å². The van der Waals surface area contributed by atoms with Gasteiger partial charge in [0.2, 0.25) is 0 Å². The Bertz CT molecular complexity index is 407. The minimum Gasteiger partial charge on any atom is -0.353 e. The van der Waals surface area contributed by atoms with Crippen molar-refractivity contribution in [2.45, 2.75) is 18.9 Å². The van der Waals surface area contributed by atoms with Crippen molar-refractivity contribution in [2.24, 2.45) is 11.7 Å². The van der Waals surface area contributed by atoms with E-state index in [1.807, 2.05) is 11.9 Å². The Morgan fingerprint density at radius 1 is 1.69 bits per heavy atom. The molecule has 0 saturated heterocycles. The summed E-state index contributed by atoms with van der Waals surface area (Å²) >= 11 is 0. The molecule has 1 aromatic rings. The van der Waals surface area contributed by atoms with Gasteiger partial charge in [0.25, 0.3) is 0 Å². The molecule has 1 aliphatic carbocycles. The van der Waals surface area contributed by atoms with E-state index in [0.717, 1.165) is 0 Å². The van der Waals surface area contributed by atoms with Gasteiger partial charge in [-0.15, -0.1) is 5.10 Å². The van der Waals surface area contributed by atoms with Gasteiger partial charge in [0, 0.05) is 19.6 Å². The van der Waals surface area contributed by atoms with E-state index >= 15 is 0 Å². The fraction of sp³-hybridized carbons (Fsp3) is 0.545. The lowest BCUT2D eigenvalue weighted by Gasteiger charge is -2.28. The van der Waals surface area contributed by atoms with E-state index in [1.165, 1.54) is 19.0 Å². The van der Waals surface area contributed by atoms with Crippen LogP contribution < -0.4 is 10.6 Å². The monoisotopic (exact) mass is 217 g/mol. The van der Waals surface area contributed by atoms with Crippen LogP contribution in [0.2, 0.25) is 0 Å². The number of likely N-dealkylation sites (N-methyl/N-ethyl adjacent to an activating group) is 1. The molecule has 5 heteroatoms. The van der Waals surface area contributed by atoms with Crippen LogP contribution in [0.25, 0.3) is 0 Å². The Morgan fingerprint density at radius 3 is 3.00 bits per heavy atom. The predicted octanol–water partition coefficient (Wildman–Crippen LogP) is 0.522. The highest BCUT2D eigenvalue weighted by atomic mass is 15.3. The molecule has 1 fully saturated rings. The normalized spacial score (nSPS) is 16.6. The van der Waals surface area contributed by atoms with Crippen LogP contribution in [0.5, 0.6) is 0 Å². The molecule has 1 aromatic heterocycles. The highest BCUT2D eigenvalue weighted by Gasteiger charge is 2.34. The average Bonchev–Trinajstić information content (AvgIpc) is 3.14. The van der Waals surface area contributed by atoms with Gasteiger partial charge in [-0.2, -0.15) is 10.4 Å². The third kappa shape index (κ3) is 1.97. The maximum atomic E-state index is 9.00. The van der Waals surface area contributed by atoms with Gasteiger partial charge in [-0.05, 0) is 24.8 Å². The van der Waals surface area contributed by atoms with Crippen molar-refractivity contribution >= 4 is 5.82 Å². The topological polar surface area (TPSA) is 78.8 Å². The van der Waals surface area contributed by atoms with E-state index in [-0.39, 0.29) is 6.04 Å². The van der Waals surface area contributed by atoms with E-state index in [1.54, 1.807) is 6.07 Å². The number of nitrogens with zero attached hydrogens (tertiary/aromatic N) is 4. The third-order valence-corrected chi connectivity index (χ3v) is 3.06. The van der Waals surface area contributed by atoms with Gasteiger partial charge in [0.15, 0.2) is 5.82 Å². The standard InChI is InChI=1S/C11H15N5/c1-16(10(7-13)8-2-3-8)11-9(6-12)4-5-14-15-11/h4-5,8,10H,2-3,7,13H2,1H3. The quantitative estimate of drug-likeness (QED) is 0.795. The Hall–Kier alpha value is -1.67. The maximum absolute atomic E-state index is 9.00. The fourth-order valence-corrected chi connectivity index (χ4v) is 1.98. The average molecular weight is 217 g/mol. The van der Waals surface area contributed by atoms with E-state index in [0.29, 0.717) is 23.8 Å². The second kappa shape index (κ2) is 4.45. The van der Waals surface area contributed by atoms with Crippen LogP contribution in [0.1, 0.15) is 18.4 Å². The Morgan fingerprint density at radius 2 is 2.44 bits per heavy atom. The summed E-state index contributed by atoms with van der Waals surface area (Å²) in [5, 5.41) is 16.9. The highest BCUT2D eigenvalue weighted by Crippen LogP contribution is 2.36. The largest absolute Gasteiger partial charge is 0.353 e. The first-order chi connectivity index (χ1) is 7.77. The van der Waals surface area contributed by atoms with Gasteiger partial charge in [0.05, 0.1) is 11.8 Å². The van der Waals surface area contributed by atoms with Gasteiger partial charge in [0.1, 0.15) is 6.07 Å². The zero-order valence-corrected chi connectivity index (χ0v) is 9.30. The molecule has 1 saturated carbocycles. The van der Waals surface area contributed by atoms with Crippen LogP contribution in [-0.2, 0) is 0 Å². The summed E-state index contributed by atoms with van der Waals surface area (Å²) in [6.07, 6.45) is 3.97. The van der Waals surface area contributed by atoms with Crippen LogP contribution in [0, 0.1) is 17.2 Å². The fourth-order valence-electron chi connectivity index (χ4n) is 1.98. The molecule has 2 rings (SSSR count). The summed E-state index contributed by atoms with van der Waals surface area (Å²) < 4.78 is 0. The number of nitriles is 1. The molecule has 16 heavy (non-hydrogen) atoms. The van der Waals surface area contributed by atoms with Crippen molar-refractivity contribution in [3.63, 3.8) is 0 Å². The molecule has 5 nitrogen and oxygen atoms in total. The lowest BCUT2D eigenvalue weighted by atomic mass is 10.1. The summed E-state index contributed by atoms with van der Waals surface area (Å²) in [5.41, 5.74) is 6.32. The van der Waals surface area contributed by atoms with Gasteiger partial charge in [-0.25, -0.2) is 0 Å². The van der Waals surface area contributed by atoms with E-state index < -0.39 is 0 Å². The van der Waals surface area contributed by atoms with Crippen LogP contribution >= 0.6 is 0 Å². The lowest BCUT2D eigenvalue weighted by molar-refractivity contribution is 0.563. The first-order valence-corrected chi connectivity index (χ1v) is 5.42. The van der Waals surface area contributed by atoms with Crippen LogP contribution in [0.3, 0.4) is 0 Å². The third-order valence-electron chi connectivity index (χ3n) is 3.06. The number of hydrogen-bond acceptors (Lipinski definition) is 5. The summed E-state index contributed by atoms with van der Waals surface area (Å²) in [6.45, 7) is 0.586. The van der Waals surface area contributed by atoms with Gasteiger partial charge < -0.3 is 10.6 Å². The maximum Gasteiger partial charge on any atom is 0.169 e. The number of aromatic nitrogens is 2. The van der Waals surface area contributed by atoms with Crippen molar-refractivity contribution in [3.05, 3.63) is 17.8 Å². The molecule has 0 radical (unpaired) electrons. The molecule has 84 valence electrons. The number of nitrogens with two attached hydrogens (primary N) is 1.